The Morgan fingerprint density at radius 2 is 2.11 bits per heavy atom. The zero-order chi connectivity index (χ0) is 19.2. The van der Waals surface area contributed by atoms with Crippen molar-refractivity contribution in [2.24, 2.45) is 0 Å². The Morgan fingerprint density at radius 3 is 2.89 bits per heavy atom. The van der Waals surface area contributed by atoms with Crippen molar-refractivity contribution >= 4 is 40.3 Å². The molecule has 0 bridgehead atoms. The molecule has 0 fully saturated rings. The molecule has 0 aliphatic carbocycles. The smallest absolute Gasteiger partial charge is 0.327 e. The van der Waals surface area contributed by atoms with Gasteiger partial charge in [-0.1, -0.05) is 0 Å². The predicted molar refractivity (Wildman–Crippen MR) is 105 cm³/mol. The number of esters is 1. The maximum Gasteiger partial charge on any atom is 0.327 e. The molecule has 3 heterocycles. The summed E-state index contributed by atoms with van der Waals surface area (Å²) in [6.45, 7) is 4.82. The first-order valence-electron chi connectivity index (χ1n) is 8.46. The van der Waals surface area contributed by atoms with E-state index in [2.05, 4.69) is 30.7 Å². The summed E-state index contributed by atoms with van der Waals surface area (Å²) in [6, 6.07) is 3.61. The number of nitrogens with one attached hydrogen (secondary N) is 2. The normalized spacial score (nSPS) is 10.6. The van der Waals surface area contributed by atoms with Crippen LogP contribution in [0.2, 0.25) is 0 Å². The van der Waals surface area contributed by atoms with Gasteiger partial charge in [-0.05, 0) is 38.2 Å². The van der Waals surface area contributed by atoms with E-state index in [4.69, 9.17) is 17.0 Å². The maximum absolute atomic E-state index is 11.6. The Balaban J connectivity index is 1.82. The molecular formula is C17H19N7O2S. The summed E-state index contributed by atoms with van der Waals surface area (Å²) in [6.07, 6.45) is 4.98. The summed E-state index contributed by atoms with van der Waals surface area (Å²) >= 11 is 5.17. The van der Waals surface area contributed by atoms with Crippen molar-refractivity contribution < 1.29 is 9.53 Å². The topological polar surface area (TPSA) is 107 Å². The fraction of sp³-hybridized carbons (Fsp3) is 0.294. The van der Waals surface area contributed by atoms with Gasteiger partial charge >= 0.3 is 5.97 Å². The number of carbonyl (C=O) groups excluding carboxylic acids is 1. The highest BCUT2D eigenvalue weighted by atomic mass is 32.1. The summed E-state index contributed by atoms with van der Waals surface area (Å²) in [5.74, 6) is 0.240. The van der Waals surface area contributed by atoms with Crippen LogP contribution in [0, 0.1) is 0 Å². The first kappa shape index (κ1) is 18.6. The number of pyridine rings is 1. The van der Waals surface area contributed by atoms with Crippen LogP contribution in [-0.4, -0.2) is 49.0 Å². The highest BCUT2D eigenvalue weighted by molar-refractivity contribution is 7.80. The van der Waals surface area contributed by atoms with Crippen LogP contribution in [0.1, 0.15) is 13.8 Å². The molecular weight excluding hydrogens is 366 g/mol. The Labute approximate surface area is 161 Å². The van der Waals surface area contributed by atoms with E-state index in [1.807, 2.05) is 13.0 Å². The molecule has 0 atom stereocenters. The van der Waals surface area contributed by atoms with Crippen LogP contribution in [0.5, 0.6) is 0 Å². The predicted octanol–water partition coefficient (Wildman–Crippen LogP) is 1.76. The SMILES string of the molecule is CCNC(=S)Nc1ccc2ncc(-c3cnn(CC(=O)OCC)c3)nc2n1. The van der Waals surface area contributed by atoms with Crippen LogP contribution in [0.4, 0.5) is 5.82 Å². The van der Waals surface area contributed by atoms with Crippen molar-refractivity contribution in [3.05, 3.63) is 30.7 Å². The number of thiocarbonyl (C=S) groups is 1. The van der Waals surface area contributed by atoms with Crippen molar-refractivity contribution in [2.45, 2.75) is 20.4 Å². The first-order chi connectivity index (χ1) is 13.1. The molecule has 10 heteroatoms. The van der Waals surface area contributed by atoms with Crippen molar-refractivity contribution in [1.29, 1.82) is 0 Å². The molecule has 0 saturated heterocycles. The third-order valence-corrected chi connectivity index (χ3v) is 3.76. The van der Waals surface area contributed by atoms with Crippen molar-refractivity contribution in [2.75, 3.05) is 18.5 Å². The van der Waals surface area contributed by atoms with E-state index in [0.717, 1.165) is 12.1 Å². The Hall–Kier alpha value is -3.14. The van der Waals surface area contributed by atoms with Crippen LogP contribution >= 0.6 is 12.2 Å². The number of ether oxygens (including phenoxy) is 1. The summed E-state index contributed by atoms with van der Waals surface area (Å²) in [5.41, 5.74) is 2.49. The average Bonchev–Trinajstić information content (AvgIpc) is 3.10. The largest absolute Gasteiger partial charge is 0.465 e. The minimum atomic E-state index is -0.342. The number of rotatable bonds is 6. The van der Waals surface area contributed by atoms with Gasteiger partial charge in [-0.2, -0.15) is 5.10 Å². The zero-order valence-electron chi connectivity index (χ0n) is 15.0. The number of hydrogen-bond acceptors (Lipinski definition) is 7. The maximum atomic E-state index is 11.6. The van der Waals surface area contributed by atoms with Crippen LogP contribution in [0.3, 0.4) is 0 Å². The molecule has 3 rings (SSSR count). The fourth-order valence-electron chi connectivity index (χ4n) is 2.35. The first-order valence-corrected chi connectivity index (χ1v) is 8.87. The third-order valence-electron chi connectivity index (χ3n) is 3.51. The summed E-state index contributed by atoms with van der Waals surface area (Å²) in [4.78, 5) is 24.9. The molecule has 0 unspecified atom stereocenters. The highest BCUT2D eigenvalue weighted by Crippen LogP contribution is 2.19. The molecule has 3 aromatic heterocycles. The van der Waals surface area contributed by atoms with Gasteiger partial charge in [-0.3, -0.25) is 14.5 Å². The molecule has 9 nitrogen and oxygen atoms in total. The lowest BCUT2D eigenvalue weighted by Gasteiger charge is -2.08. The van der Waals surface area contributed by atoms with Gasteiger partial charge in [0.1, 0.15) is 17.9 Å². The van der Waals surface area contributed by atoms with Crippen LogP contribution in [0.25, 0.3) is 22.4 Å². The van der Waals surface area contributed by atoms with Gasteiger partial charge in [0.2, 0.25) is 0 Å². The third kappa shape index (κ3) is 4.73. The van der Waals surface area contributed by atoms with Gasteiger partial charge in [0, 0.05) is 18.3 Å². The van der Waals surface area contributed by atoms with E-state index in [1.165, 1.54) is 4.68 Å². The van der Waals surface area contributed by atoms with Crippen LogP contribution in [0.15, 0.2) is 30.7 Å². The minimum Gasteiger partial charge on any atom is -0.465 e. The molecule has 0 aliphatic heterocycles. The molecule has 0 amide bonds. The van der Waals surface area contributed by atoms with Gasteiger partial charge in [0.25, 0.3) is 0 Å². The second-order valence-electron chi connectivity index (χ2n) is 5.51. The van der Waals surface area contributed by atoms with Gasteiger partial charge in [-0.15, -0.1) is 0 Å². The van der Waals surface area contributed by atoms with E-state index >= 15 is 0 Å². The molecule has 0 saturated carbocycles. The van der Waals surface area contributed by atoms with E-state index in [0.29, 0.717) is 34.4 Å². The molecule has 27 heavy (non-hydrogen) atoms. The molecule has 2 N–H and O–H groups in total. The quantitative estimate of drug-likeness (QED) is 0.485. The van der Waals surface area contributed by atoms with Gasteiger partial charge in [0.15, 0.2) is 10.8 Å². The van der Waals surface area contributed by atoms with E-state index in [9.17, 15) is 4.79 Å². The number of carbonyl (C=O) groups is 1. The van der Waals surface area contributed by atoms with E-state index < -0.39 is 0 Å². The number of nitrogens with zero attached hydrogens (tertiary/aromatic N) is 5. The van der Waals surface area contributed by atoms with Gasteiger partial charge in [0.05, 0.1) is 24.7 Å². The van der Waals surface area contributed by atoms with Crippen LogP contribution < -0.4 is 10.6 Å². The molecule has 3 aromatic rings. The van der Waals surface area contributed by atoms with Crippen molar-refractivity contribution in [3.63, 3.8) is 0 Å². The average molecular weight is 385 g/mol. The molecule has 0 aliphatic rings. The van der Waals surface area contributed by atoms with E-state index in [-0.39, 0.29) is 12.5 Å². The summed E-state index contributed by atoms with van der Waals surface area (Å²) in [7, 11) is 0. The summed E-state index contributed by atoms with van der Waals surface area (Å²) in [5, 5.41) is 10.7. The number of anilines is 1. The molecule has 0 aromatic carbocycles. The number of fused-ring (bicyclic) bond motifs is 1. The Morgan fingerprint density at radius 1 is 1.26 bits per heavy atom. The molecule has 0 spiro atoms. The second kappa shape index (κ2) is 8.49. The standard InChI is InChI=1S/C17H19N7O2S/c1-3-18-17(27)23-14-6-5-12-16(22-14)21-13(8-19-12)11-7-20-24(9-11)10-15(25)26-4-2/h5-9H,3-4,10H2,1-2H3,(H2,18,21,22,23,27). The fourth-order valence-corrected chi connectivity index (χ4v) is 2.60. The number of aromatic nitrogens is 5. The lowest BCUT2D eigenvalue weighted by atomic mass is 10.2. The lowest BCUT2D eigenvalue weighted by Crippen LogP contribution is -2.28. The van der Waals surface area contributed by atoms with Gasteiger partial charge in [-0.25, -0.2) is 9.97 Å². The van der Waals surface area contributed by atoms with Crippen molar-refractivity contribution in [1.82, 2.24) is 30.0 Å². The summed E-state index contributed by atoms with van der Waals surface area (Å²) < 4.78 is 6.42. The molecule has 0 radical (unpaired) electrons. The lowest BCUT2D eigenvalue weighted by molar-refractivity contribution is -0.144. The monoisotopic (exact) mass is 385 g/mol. The zero-order valence-corrected chi connectivity index (χ0v) is 15.8. The second-order valence-corrected chi connectivity index (χ2v) is 5.92. The van der Waals surface area contributed by atoms with Gasteiger partial charge < -0.3 is 15.4 Å². The highest BCUT2D eigenvalue weighted by Gasteiger charge is 2.10. The Bertz CT molecular complexity index is 973. The van der Waals surface area contributed by atoms with Crippen molar-refractivity contribution in [3.8, 4) is 11.3 Å². The van der Waals surface area contributed by atoms with E-state index in [1.54, 1.807) is 31.6 Å². The Kier molecular flexibility index (Phi) is 5.87. The van der Waals surface area contributed by atoms with Crippen LogP contribution in [-0.2, 0) is 16.1 Å². The minimum absolute atomic E-state index is 0.0447. The molecule has 140 valence electrons. The number of hydrogen-bond donors (Lipinski definition) is 2.